The van der Waals surface area contributed by atoms with E-state index >= 15 is 0 Å². The smallest absolute Gasteiger partial charge is 0.303 e. The lowest BCUT2D eigenvalue weighted by Crippen LogP contribution is -2.43. The van der Waals surface area contributed by atoms with Gasteiger partial charge in [0.05, 0.1) is 6.04 Å². The zero-order chi connectivity index (χ0) is 15.8. The molecule has 0 fully saturated rings. The van der Waals surface area contributed by atoms with Crippen LogP contribution in [0.1, 0.15) is 31.6 Å². The largest absolute Gasteiger partial charge is 0.481 e. The highest BCUT2D eigenvalue weighted by atomic mass is 32.1. The number of nitrogens with one attached hydrogen (secondary N) is 1. The Morgan fingerprint density at radius 2 is 2.14 bits per heavy atom. The molecule has 1 aromatic heterocycles. The fourth-order valence-electron chi connectivity index (χ4n) is 2.27. The molecule has 0 spiro atoms. The van der Waals surface area contributed by atoms with Gasteiger partial charge in [-0.25, -0.2) is 0 Å². The van der Waals surface area contributed by atoms with E-state index < -0.39 is 12.0 Å². The molecule has 0 unspecified atom stereocenters. The normalized spacial score (nSPS) is 13.9. The van der Waals surface area contributed by atoms with Gasteiger partial charge in [0.15, 0.2) is 0 Å². The Labute approximate surface area is 129 Å². The second-order valence-corrected chi connectivity index (χ2v) is 6.76. The van der Waals surface area contributed by atoms with Crippen LogP contribution >= 0.6 is 11.3 Å². The Balaban J connectivity index is 2.42. The van der Waals surface area contributed by atoms with Crippen LogP contribution in [0.15, 0.2) is 17.5 Å². The monoisotopic (exact) mass is 312 g/mol. The van der Waals surface area contributed by atoms with Gasteiger partial charge in [0.25, 0.3) is 0 Å². The molecule has 6 heteroatoms. The van der Waals surface area contributed by atoms with Crippen molar-refractivity contribution in [3.63, 3.8) is 0 Å². The average molecular weight is 312 g/mol. The van der Waals surface area contributed by atoms with Gasteiger partial charge in [-0.05, 0) is 29.7 Å². The summed E-state index contributed by atoms with van der Waals surface area (Å²) in [4.78, 5) is 23.9. The van der Waals surface area contributed by atoms with E-state index in [0.29, 0.717) is 18.9 Å². The van der Waals surface area contributed by atoms with Gasteiger partial charge in [-0.1, -0.05) is 19.9 Å². The maximum Gasteiger partial charge on any atom is 0.303 e. The number of amides is 1. The summed E-state index contributed by atoms with van der Waals surface area (Å²) < 4.78 is 0. The minimum absolute atomic E-state index is 0.0552. The molecule has 1 rings (SSSR count). The number of nitrogens with two attached hydrogens (primary N) is 1. The van der Waals surface area contributed by atoms with Crippen molar-refractivity contribution < 1.29 is 14.7 Å². The fourth-order valence-corrected chi connectivity index (χ4v) is 3.03. The Bertz CT molecular complexity index is 446. The van der Waals surface area contributed by atoms with Crippen LogP contribution in [-0.4, -0.2) is 29.6 Å². The lowest BCUT2D eigenvalue weighted by atomic mass is 9.94. The Morgan fingerprint density at radius 3 is 2.67 bits per heavy atom. The zero-order valence-corrected chi connectivity index (χ0v) is 13.4. The molecule has 0 aromatic carbocycles. The van der Waals surface area contributed by atoms with E-state index in [4.69, 9.17) is 10.8 Å². The van der Waals surface area contributed by atoms with Crippen LogP contribution in [0.5, 0.6) is 0 Å². The number of carbonyl (C=O) groups is 2. The highest BCUT2D eigenvalue weighted by molar-refractivity contribution is 7.09. The first-order chi connectivity index (χ1) is 9.88. The van der Waals surface area contributed by atoms with E-state index in [9.17, 15) is 9.59 Å². The van der Waals surface area contributed by atoms with Crippen molar-refractivity contribution in [1.82, 2.24) is 5.32 Å². The quantitative estimate of drug-likeness (QED) is 0.649. The Hall–Kier alpha value is -1.40. The van der Waals surface area contributed by atoms with Crippen LogP contribution < -0.4 is 11.1 Å². The highest BCUT2D eigenvalue weighted by Crippen LogP contribution is 2.15. The first-order valence-electron chi connectivity index (χ1n) is 7.16. The Morgan fingerprint density at radius 1 is 1.43 bits per heavy atom. The van der Waals surface area contributed by atoms with Crippen LogP contribution in [0.25, 0.3) is 0 Å². The number of hydrogen-bond acceptors (Lipinski definition) is 4. The van der Waals surface area contributed by atoms with Crippen molar-refractivity contribution in [1.29, 1.82) is 0 Å². The van der Waals surface area contributed by atoms with Gasteiger partial charge in [0, 0.05) is 24.3 Å². The summed E-state index contributed by atoms with van der Waals surface area (Å²) in [5, 5.41) is 13.6. The summed E-state index contributed by atoms with van der Waals surface area (Å²) in [5.41, 5.74) is 5.88. The molecule has 4 N–H and O–H groups in total. The van der Waals surface area contributed by atoms with E-state index in [1.165, 1.54) is 0 Å². The number of carboxylic acid groups (broad SMARTS) is 1. The van der Waals surface area contributed by atoms with Gasteiger partial charge in [-0.3, -0.25) is 9.59 Å². The minimum atomic E-state index is -0.835. The summed E-state index contributed by atoms with van der Waals surface area (Å²) in [7, 11) is 0. The van der Waals surface area contributed by atoms with Crippen LogP contribution in [0.3, 0.4) is 0 Å². The first-order valence-corrected chi connectivity index (χ1v) is 8.04. The third kappa shape index (κ3) is 7.24. The van der Waals surface area contributed by atoms with E-state index in [1.807, 2.05) is 31.4 Å². The second kappa shape index (κ2) is 8.79. The SMILES string of the molecule is CC(C)C[C@H](CNC(=O)[C@H](N)Cc1cccs1)CC(=O)O. The van der Waals surface area contributed by atoms with Crippen molar-refractivity contribution in [3.05, 3.63) is 22.4 Å². The number of rotatable bonds is 9. The van der Waals surface area contributed by atoms with Crippen LogP contribution in [0.4, 0.5) is 0 Å². The van der Waals surface area contributed by atoms with E-state index in [1.54, 1.807) is 11.3 Å². The molecular formula is C15H24N2O3S. The van der Waals surface area contributed by atoms with Crippen molar-refractivity contribution in [2.45, 2.75) is 39.2 Å². The Kier molecular flexibility index (Phi) is 7.39. The summed E-state index contributed by atoms with van der Waals surface area (Å²) in [6.45, 7) is 4.44. The number of carbonyl (C=O) groups excluding carboxylic acids is 1. The molecule has 2 atom stereocenters. The van der Waals surface area contributed by atoms with Gasteiger partial charge in [-0.2, -0.15) is 0 Å². The van der Waals surface area contributed by atoms with Crippen molar-refractivity contribution in [2.24, 2.45) is 17.6 Å². The fraction of sp³-hybridized carbons (Fsp3) is 0.600. The molecule has 0 aliphatic carbocycles. The van der Waals surface area contributed by atoms with E-state index in [0.717, 1.165) is 11.3 Å². The number of aliphatic carboxylic acids is 1. The molecule has 0 bridgehead atoms. The summed E-state index contributed by atoms with van der Waals surface area (Å²) in [6, 6.07) is 3.29. The predicted octanol–water partition coefficient (Wildman–Crippen LogP) is 1.87. The number of hydrogen-bond donors (Lipinski definition) is 3. The first kappa shape index (κ1) is 17.7. The highest BCUT2D eigenvalue weighted by Gasteiger charge is 2.19. The maximum absolute atomic E-state index is 12.0. The van der Waals surface area contributed by atoms with Crippen LogP contribution in [0.2, 0.25) is 0 Å². The molecule has 1 aromatic rings. The van der Waals surface area contributed by atoms with Crippen LogP contribution in [-0.2, 0) is 16.0 Å². The van der Waals surface area contributed by atoms with Gasteiger partial charge in [-0.15, -0.1) is 11.3 Å². The molecule has 21 heavy (non-hydrogen) atoms. The van der Waals surface area contributed by atoms with E-state index in [2.05, 4.69) is 5.32 Å². The maximum atomic E-state index is 12.0. The molecule has 0 saturated heterocycles. The number of thiophene rings is 1. The van der Waals surface area contributed by atoms with Crippen molar-refractivity contribution in [3.8, 4) is 0 Å². The molecular weight excluding hydrogens is 288 g/mol. The van der Waals surface area contributed by atoms with Gasteiger partial charge in [0.2, 0.25) is 5.91 Å². The topological polar surface area (TPSA) is 92.4 Å². The number of carboxylic acids is 1. The van der Waals surface area contributed by atoms with Crippen molar-refractivity contribution >= 4 is 23.2 Å². The second-order valence-electron chi connectivity index (χ2n) is 5.73. The summed E-state index contributed by atoms with van der Waals surface area (Å²) >= 11 is 1.57. The van der Waals surface area contributed by atoms with Gasteiger partial charge >= 0.3 is 5.97 Å². The lowest BCUT2D eigenvalue weighted by Gasteiger charge is -2.19. The minimum Gasteiger partial charge on any atom is -0.481 e. The van der Waals surface area contributed by atoms with Gasteiger partial charge in [0.1, 0.15) is 0 Å². The molecule has 0 aliphatic heterocycles. The zero-order valence-electron chi connectivity index (χ0n) is 12.5. The molecule has 5 nitrogen and oxygen atoms in total. The lowest BCUT2D eigenvalue weighted by molar-refractivity contribution is -0.138. The van der Waals surface area contributed by atoms with E-state index in [-0.39, 0.29) is 18.2 Å². The molecule has 118 valence electrons. The molecule has 1 amide bonds. The molecule has 0 aliphatic rings. The van der Waals surface area contributed by atoms with Gasteiger partial charge < -0.3 is 16.2 Å². The standard InChI is InChI=1S/C15H24N2O3S/c1-10(2)6-11(7-14(18)19)9-17-15(20)13(16)8-12-4-3-5-21-12/h3-5,10-11,13H,6-9,16H2,1-2H3,(H,17,20)(H,18,19)/t11-,13+/m0/s1. The predicted molar refractivity (Wildman–Crippen MR) is 84.2 cm³/mol. The molecule has 0 saturated carbocycles. The van der Waals surface area contributed by atoms with Crippen molar-refractivity contribution in [2.75, 3.05) is 6.54 Å². The summed E-state index contributed by atoms with van der Waals surface area (Å²) in [5.74, 6) is -0.716. The molecule has 0 radical (unpaired) electrons. The van der Waals surface area contributed by atoms with Crippen LogP contribution in [0, 0.1) is 11.8 Å². The summed E-state index contributed by atoms with van der Waals surface area (Å²) in [6.07, 6.45) is 1.35. The molecule has 1 heterocycles. The average Bonchev–Trinajstić information content (AvgIpc) is 2.86. The third-order valence-electron chi connectivity index (χ3n) is 3.17. The third-order valence-corrected chi connectivity index (χ3v) is 4.07.